The van der Waals surface area contributed by atoms with Crippen molar-refractivity contribution < 1.29 is 0 Å². The largest absolute Gasteiger partial charge is 0.363 e. The normalized spacial score (nSPS) is 16.1. The third kappa shape index (κ3) is 4.76. The minimum Gasteiger partial charge on any atom is -0.363 e. The minimum absolute atomic E-state index is 0.926. The van der Waals surface area contributed by atoms with Crippen molar-refractivity contribution in [1.29, 1.82) is 0 Å². The maximum atomic E-state index is 5.42. The Labute approximate surface area is 128 Å². The molecule has 0 aromatic heterocycles. The van der Waals surface area contributed by atoms with E-state index in [4.69, 9.17) is 12.2 Å². The predicted octanol–water partition coefficient (Wildman–Crippen LogP) is 2.13. The summed E-state index contributed by atoms with van der Waals surface area (Å²) >= 11 is 5.42. The van der Waals surface area contributed by atoms with Gasteiger partial charge in [-0.3, -0.25) is 4.90 Å². The van der Waals surface area contributed by atoms with Crippen LogP contribution in [0.15, 0.2) is 30.3 Å². The molecule has 1 saturated heterocycles. The smallest absolute Gasteiger partial charge is 0.169 e. The highest BCUT2D eigenvalue weighted by atomic mass is 32.1. The van der Waals surface area contributed by atoms with E-state index in [2.05, 4.69) is 52.4 Å². The number of piperazine rings is 1. The fourth-order valence-corrected chi connectivity index (χ4v) is 2.73. The Balaban J connectivity index is 1.68. The molecule has 1 N–H and O–H groups in total. The van der Waals surface area contributed by atoms with Crippen LogP contribution in [-0.4, -0.2) is 54.2 Å². The molecule has 0 radical (unpaired) electrons. The average Bonchev–Trinajstić information content (AvgIpc) is 2.52. The molecule has 20 heavy (non-hydrogen) atoms. The lowest BCUT2D eigenvalue weighted by molar-refractivity contribution is 0.183. The maximum absolute atomic E-state index is 5.42. The van der Waals surface area contributed by atoms with E-state index in [1.807, 2.05) is 0 Å². The first-order valence-corrected chi connectivity index (χ1v) is 7.99. The molecular formula is C16H25N3S. The molecule has 0 unspecified atom stereocenters. The SMILES string of the molecule is CCCNC(=S)N1CCN(CCc2ccccc2)CC1. The van der Waals surface area contributed by atoms with Crippen molar-refractivity contribution in [3.63, 3.8) is 0 Å². The van der Waals surface area contributed by atoms with Crippen molar-refractivity contribution >= 4 is 17.3 Å². The Bertz CT molecular complexity index is 399. The number of thiocarbonyl (C=S) groups is 1. The van der Waals surface area contributed by atoms with Gasteiger partial charge in [0.05, 0.1) is 0 Å². The zero-order chi connectivity index (χ0) is 14.2. The highest BCUT2D eigenvalue weighted by Gasteiger charge is 2.18. The molecule has 0 spiro atoms. The Kier molecular flexibility index (Phi) is 6.27. The van der Waals surface area contributed by atoms with Crippen LogP contribution >= 0.6 is 12.2 Å². The van der Waals surface area contributed by atoms with Crippen molar-refractivity contribution in [2.24, 2.45) is 0 Å². The standard InChI is InChI=1S/C16H25N3S/c1-2-9-17-16(20)19-13-11-18(12-14-19)10-8-15-6-4-3-5-7-15/h3-7H,2,8-14H2,1H3,(H,17,20). The van der Waals surface area contributed by atoms with Crippen LogP contribution < -0.4 is 5.32 Å². The molecular weight excluding hydrogens is 266 g/mol. The fraction of sp³-hybridized carbons (Fsp3) is 0.562. The second-order valence-corrected chi connectivity index (χ2v) is 5.68. The monoisotopic (exact) mass is 291 g/mol. The summed E-state index contributed by atoms with van der Waals surface area (Å²) in [6.07, 6.45) is 2.26. The quantitative estimate of drug-likeness (QED) is 0.837. The van der Waals surface area contributed by atoms with Gasteiger partial charge in [-0.05, 0) is 30.6 Å². The van der Waals surface area contributed by atoms with Gasteiger partial charge in [0.1, 0.15) is 0 Å². The van der Waals surface area contributed by atoms with Crippen molar-refractivity contribution in [3.8, 4) is 0 Å². The van der Waals surface area contributed by atoms with E-state index in [1.165, 1.54) is 5.56 Å². The third-order valence-electron chi connectivity index (χ3n) is 3.75. The van der Waals surface area contributed by atoms with E-state index in [9.17, 15) is 0 Å². The summed E-state index contributed by atoms with van der Waals surface area (Å²) in [6.45, 7) is 8.60. The molecule has 1 aromatic carbocycles. The van der Waals surface area contributed by atoms with E-state index in [1.54, 1.807) is 0 Å². The Morgan fingerprint density at radius 3 is 2.50 bits per heavy atom. The van der Waals surface area contributed by atoms with Crippen LogP contribution in [0.25, 0.3) is 0 Å². The molecule has 2 rings (SSSR count). The molecule has 0 saturated carbocycles. The van der Waals surface area contributed by atoms with E-state index in [-0.39, 0.29) is 0 Å². The summed E-state index contributed by atoms with van der Waals surface area (Å²) in [6, 6.07) is 10.7. The molecule has 1 heterocycles. The molecule has 0 aliphatic carbocycles. The lowest BCUT2D eigenvalue weighted by Crippen LogP contribution is -2.52. The van der Waals surface area contributed by atoms with Crippen LogP contribution in [-0.2, 0) is 6.42 Å². The number of hydrogen-bond acceptors (Lipinski definition) is 2. The Hall–Kier alpha value is -1.13. The van der Waals surface area contributed by atoms with Crippen molar-refractivity contribution in [1.82, 2.24) is 15.1 Å². The van der Waals surface area contributed by atoms with Crippen LogP contribution in [0.5, 0.6) is 0 Å². The second-order valence-electron chi connectivity index (χ2n) is 5.30. The minimum atomic E-state index is 0.926. The summed E-state index contributed by atoms with van der Waals surface area (Å²) in [5, 5.41) is 4.24. The summed E-state index contributed by atoms with van der Waals surface area (Å²) in [4.78, 5) is 4.83. The van der Waals surface area contributed by atoms with Gasteiger partial charge >= 0.3 is 0 Å². The predicted molar refractivity (Wildman–Crippen MR) is 89.1 cm³/mol. The van der Waals surface area contributed by atoms with Gasteiger partial charge in [0.25, 0.3) is 0 Å². The van der Waals surface area contributed by atoms with E-state index >= 15 is 0 Å². The van der Waals surface area contributed by atoms with E-state index in [0.29, 0.717) is 0 Å². The molecule has 4 heteroatoms. The van der Waals surface area contributed by atoms with Gasteiger partial charge < -0.3 is 10.2 Å². The van der Waals surface area contributed by atoms with Crippen molar-refractivity contribution in [3.05, 3.63) is 35.9 Å². The van der Waals surface area contributed by atoms with Gasteiger partial charge in [-0.25, -0.2) is 0 Å². The summed E-state index contributed by atoms with van der Waals surface area (Å²) < 4.78 is 0. The number of hydrogen-bond donors (Lipinski definition) is 1. The van der Waals surface area contributed by atoms with Gasteiger partial charge in [0.15, 0.2) is 5.11 Å². The molecule has 1 aliphatic rings. The number of rotatable bonds is 5. The highest BCUT2D eigenvalue weighted by molar-refractivity contribution is 7.80. The zero-order valence-corrected chi connectivity index (χ0v) is 13.2. The molecule has 0 bridgehead atoms. The van der Waals surface area contributed by atoms with Gasteiger partial charge in [-0.1, -0.05) is 37.3 Å². The topological polar surface area (TPSA) is 18.5 Å². The van der Waals surface area contributed by atoms with E-state index < -0.39 is 0 Å². The van der Waals surface area contributed by atoms with Gasteiger partial charge in [-0.2, -0.15) is 0 Å². The summed E-state index contributed by atoms with van der Waals surface area (Å²) in [5.74, 6) is 0. The van der Waals surface area contributed by atoms with Gasteiger partial charge in [-0.15, -0.1) is 0 Å². The molecule has 1 fully saturated rings. The molecule has 1 aliphatic heterocycles. The highest BCUT2D eigenvalue weighted by Crippen LogP contribution is 2.05. The zero-order valence-electron chi connectivity index (χ0n) is 12.3. The van der Waals surface area contributed by atoms with E-state index in [0.717, 1.165) is 57.2 Å². The van der Waals surface area contributed by atoms with Crippen LogP contribution in [0.3, 0.4) is 0 Å². The van der Waals surface area contributed by atoms with Gasteiger partial charge in [0, 0.05) is 39.3 Å². The van der Waals surface area contributed by atoms with Crippen LogP contribution in [0.2, 0.25) is 0 Å². The number of nitrogens with one attached hydrogen (secondary N) is 1. The lowest BCUT2D eigenvalue weighted by atomic mass is 10.1. The number of benzene rings is 1. The van der Waals surface area contributed by atoms with Crippen LogP contribution in [0.1, 0.15) is 18.9 Å². The summed E-state index contributed by atoms with van der Waals surface area (Å²) in [7, 11) is 0. The molecule has 1 aromatic rings. The first-order valence-electron chi connectivity index (χ1n) is 7.58. The second kappa shape index (κ2) is 8.22. The maximum Gasteiger partial charge on any atom is 0.169 e. The third-order valence-corrected chi connectivity index (χ3v) is 4.15. The fourth-order valence-electron chi connectivity index (χ4n) is 2.45. The van der Waals surface area contributed by atoms with Crippen molar-refractivity contribution in [2.75, 3.05) is 39.3 Å². The Morgan fingerprint density at radius 2 is 1.85 bits per heavy atom. The first-order chi connectivity index (χ1) is 9.79. The number of nitrogens with zero attached hydrogens (tertiary/aromatic N) is 2. The Morgan fingerprint density at radius 1 is 1.15 bits per heavy atom. The molecule has 0 atom stereocenters. The first kappa shape index (κ1) is 15.3. The molecule has 3 nitrogen and oxygen atoms in total. The lowest BCUT2D eigenvalue weighted by Gasteiger charge is -2.36. The van der Waals surface area contributed by atoms with Crippen LogP contribution in [0, 0.1) is 0 Å². The van der Waals surface area contributed by atoms with Crippen molar-refractivity contribution in [2.45, 2.75) is 19.8 Å². The molecule has 0 amide bonds. The van der Waals surface area contributed by atoms with Crippen LogP contribution in [0.4, 0.5) is 0 Å². The molecule has 110 valence electrons. The average molecular weight is 291 g/mol. The summed E-state index contributed by atoms with van der Waals surface area (Å²) in [5.41, 5.74) is 1.43. The van der Waals surface area contributed by atoms with Gasteiger partial charge in [0.2, 0.25) is 0 Å².